The van der Waals surface area contributed by atoms with Crippen molar-refractivity contribution in [2.45, 2.75) is 25.5 Å². The largest absolute Gasteiger partial charge is 0.496 e. The number of hydrogen-bond acceptors (Lipinski definition) is 7. The molecule has 3 aromatic rings. The fourth-order valence-electron chi connectivity index (χ4n) is 2.51. The number of sulfonamides is 1. The maximum Gasteiger partial charge on any atom is 0.274 e. The number of para-hydroxylation sites is 1. The minimum Gasteiger partial charge on any atom is -0.496 e. The Bertz CT molecular complexity index is 1100. The van der Waals surface area contributed by atoms with E-state index in [1.807, 2.05) is 6.07 Å². The summed E-state index contributed by atoms with van der Waals surface area (Å²) in [5.41, 5.74) is 1.34. The van der Waals surface area contributed by atoms with Crippen molar-refractivity contribution in [3.05, 3.63) is 47.7 Å². The number of thiazole rings is 1. The molecule has 0 radical (unpaired) electrons. The Morgan fingerprint density at radius 1 is 1.25 bits per heavy atom. The van der Waals surface area contributed by atoms with Crippen LogP contribution in [0.3, 0.4) is 0 Å². The summed E-state index contributed by atoms with van der Waals surface area (Å²) < 4.78 is 38.4. The number of hydrogen-bond donors (Lipinski definition) is 2. The predicted octanol–water partition coefficient (Wildman–Crippen LogP) is 3.16. The minimum atomic E-state index is -3.85. The van der Waals surface area contributed by atoms with Crippen molar-refractivity contribution in [3.8, 4) is 16.4 Å². The second-order valence-corrected chi connectivity index (χ2v) is 8.57. The highest BCUT2D eigenvalue weighted by atomic mass is 32.2. The summed E-state index contributed by atoms with van der Waals surface area (Å²) in [5.74, 6) is 0.726. The van der Waals surface area contributed by atoms with Crippen LogP contribution in [0.2, 0.25) is 0 Å². The van der Waals surface area contributed by atoms with Gasteiger partial charge in [-0.2, -0.15) is 0 Å². The quantitative estimate of drug-likeness (QED) is 0.606. The van der Waals surface area contributed by atoms with Gasteiger partial charge < -0.3 is 14.5 Å². The zero-order valence-electron chi connectivity index (χ0n) is 15.5. The highest BCUT2D eigenvalue weighted by Gasteiger charge is 2.21. The van der Waals surface area contributed by atoms with E-state index in [0.717, 1.165) is 0 Å². The van der Waals surface area contributed by atoms with Gasteiger partial charge in [0.1, 0.15) is 11.5 Å². The molecule has 0 fully saturated rings. The van der Waals surface area contributed by atoms with E-state index in [0.29, 0.717) is 32.8 Å². The van der Waals surface area contributed by atoms with Crippen LogP contribution in [0.4, 0.5) is 5.13 Å². The molecule has 0 saturated carbocycles. The molecule has 8 nitrogen and oxygen atoms in total. The number of carbonyl (C=O) groups excluding carboxylic acids is 1. The first-order valence-electron chi connectivity index (χ1n) is 8.27. The van der Waals surface area contributed by atoms with E-state index in [1.165, 1.54) is 31.4 Å². The van der Waals surface area contributed by atoms with E-state index in [9.17, 15) is 13.2 Å². The molecule has 0 aliphatic rings. The van der Waals surface area contributed by atoms with Crippen LogP contribution in [-0.4, -0.2) is 26.4 Å². The van der Waals surface area contributed by atoms with Gasteiger partial charge in [-0.25, -0.2) is 18.1 Å². The van der Waals surface area contributed by atoms with Crippen LogP contribution in [-0.2, 0) is 21.4 Å². The molecule has 2 heterocycles. The Morgan fingerprint density at radius 2 is 2.00 bits per heavy atom. The molecule has 2 aromatic heterocycles. The second kappa shape index (κ2) is 8.13. The van der Waals surface area contributed by atoms with Crippen LogP contribution in [0.1, 0.15) is 18.2 Å². The smallest absolute Gasteiger partial charge is 0.274 e. The van der Waals surface area contributed by atoms with Crippen molar-refractivity contribution in [2.24, 2.45) is 0 Å². The number of aryl methyl sites for hydroxylation is 1. The monoisotopic (exact) mass is 421 g/mol. The molecule has 1 aromatic carbocycles. The summed E-state index contributed by atoms with van der Waals surface area (Å²) in [4.78, 5) is 16.1. The number of anilines is 1. The third-order valence-corrected chi connectivity index (χ3v) is 6.16. The Hall–Kier alpha value is -2.69. The van der Waals surface area contributed by atoms with Gasteiger partial charge in [-0.15, -0.1) is 0 Å². The molecule has 2 N–H and O–H groups in total. The molecule has 3 rings (SSSR count). The van der Waals surface area contributed by atoms with E-state index in [1.54, 1.807) is 31.2 Å². The molecule has 0 aliphatic carbocycles. The first-order chi connectivity index (χ1) is 13.3. The number of methoxy groups -OCH3 is 1. The standard InChI is InChI=1S/C18H19N3O5S2/c1-11-17(27-18(20-11)21-12(2)22)15-8-9-16(26-15)28(23,24)19-10-13-6-4-5-7-14(13)25-3/h4-9,19H,10H2,1-3H3,(H,20,21,22). The van der Waals surface area contributed by atoms with Crippen LogP contribution in [0.15, 0.2) is 45.9 Å². The van der Waals surface area contributed by atoms with Crippen LogP contribution < -0.4 is 14.8 Å². The predicted molar refractivity (Wildman–Crippen MR) is 106 cm³/mol. The van der Waals surface area contributed by atoms with E-state index >= 15 is 0 Å². The molecule has 0 aliphatic heterocycles. The molecule has 28 heavy (non-hydrogen) atoms. The first kappa shape index (κ1) is 20.1. The summed E-state index contributed by atoms with van der Waals surface area (Å²) in [6.45, 7) is 3.21. The maximum atomic E-state index is 12.6. The summed E-state index contributed by atoms with van der Waals surface area (Å²) in [6.07, 6.45) is 0. The molecule has 0 bridgehead atoms. The van der Waals surface area contributed by atoms with Gasteiger partial charge in [-0.05, 0) is 25.1 Å². The van der Waals surface area contributed by atoms with Gasteiger partial charge in [0.25, 0.3) is 10.0 Å². The number of furan rings is 1. The number of nitrogens with zero attached hydrogens (tertiary/aromatic N) is 1. The Balaban J connectivity index is 1.79. The number of carbonyl (C=O) groups is 1. The van der Waals surface area contributed by atoms with Crippen LogP contribution >= 0.6 is 11.3 Å². The molecule has 10 heteroatoms. The average molecular weight is 422 g/mol. The third kappa shape index (κ3) is 4.41. The highest BCUT2D eigenvalue weighted by Crippen LogP contribution is 2.34. The fraction of sp³-hybridized carbons (Fsp3) is 0.222. The molecule has 0 spiro atoms. The van der Waals surface area contributed by atoms with Crippen LogP contribution in [0.25, 0.3) is 10.6 Å². The van der Waals surface area contributed by atoms with Gasteiger partial charge in [0, 0.05) is 19.0 Å². The number of rotatable bonds is 7. The molecular formula is C18H19N3O5S2. The lowest BCUT2D eigenvalue weighted by molar-refractivity contribution is -0.114. The second-order valence-electron chi connectivity index (χ2n) is 5.87. The van der Waals surface area contributed by atoms with Crippen LogP contribution in [0, 0.1) is 6.92 Å². The topological polar surface area (TPSA) is 111 Å². The maximum absolute atomic E-state index is 12.6. The number of ether oxygens (including phenoxy) is 1. The van der Waals surface area contributed by atoms with Crippen molar-refractivity contribution in [1.82, 2.24) is 9.71 Å². The van der Waals surface area contributed by atoms with Crippen molar-refractivity contribution in [1.29, 1.82) is 0 Å². The van der Waals surface area contributed by atoms with E-state index in [2.05, 4.69) is 15.0 Å². The Kier molecular flexibility index (Phi) is 5.82. The van der Waals surface area contributed by atoms with E-state index in [-0.39, 0.29) is 17.5 Å². The molecule has 0 atom stereocenters. The Labute approximate surface area is 166 Å². The van der Waals surface area contributed by atoms with E-state index < -0.39 is 10.0 Å². The van der Waals surface area contributed by atoms with Crippen molar-refractivity contribution in [3.63, 3.8) is 0 Å². The number of amides is 1. The summed E-state index contributed by atoms with van der Waals surface area (Å²) in [7, 11) is -2.33. The Morgan fingerprint density at radius 3 is 2.71 bits per heavy atom. The first-order valence-corrected chi connectivity index (χ1v) is 10.6. The summed E-state index contributed by atoms with van der Waals surface area (Å²) in [6, 6.07) is 10.1. The van der Waals surface area contributed by atoms with Gasteiger partial charge in [0.05, 0.1) is 17.7 Å². The number of aromatic nitrogens is 1. The SMILES string of the molecule is COc1ccccc1CNS(=O)(=O)c1ccc(-c2sc(NC(C)=O)nc2C)o1. The molecule has 0 saturated heterocycles. The van der Waals surface area contributed by atoms with E-state index in [4.69, 9.17) is 9.15 Å². The molecular weight excluding hydrogens is 402 g/mol. The lowest BCUT2D eigenvalue weighted by Gasteiger charge is -2.08. The van der Waals surface area contributed by atoms with Gasteiger partial charge in [-0.3, -0.25) is 4.79 Å². The molecule has 1 amide bonds. The molecule has 0 unspecified atom stereocenters. The average Bonchev–Trinajstić information content (AvgIpc) is 3.27. The zero-order chi connectivity index (χ0) is 20.3. The van der Waals surface area contributed by atoms with Gasteiger partial charge in [-0.1, -0.05) is 29.5 Å². The summed E-state index contributed by atoms with van der Waals surface area (Å²) >= 11 is 1.21. The van der Waals surface area contributed by atoms with Crippen molar-refractivity contribution in [2.75, 3.05) is 12.4 Å². The van der Waals surface area contributed by atoms with Crippen molar-refractivity contribution < 1.29 is 22.4 Å². The van der Waals surface area contributed by atoms with Crippen LogP contribution in [0.5, 0.6) is 5.75 Å². The van der Waals surface area contributed by atoms with Gasteiger partial charge >= 0.3 is 0 Å². The normalized spacial score (nSPS) is 11.4. The third-order valence-electron chi connectivity index (χ3n) is 3.79. The number of benzene rings is 1. The lowest BCUT2D eigenvalue weighted by Crippen LogP contribution is -2.23. The van der Waals surface area contributed by atoms with Gasteiger partial charge in [0.15, 0.2) is 5.13 Å². The van der Waals surface area contributed by atoms with Crippen molar-refractivity contribution >= 4 is 32.4 Å². The fourth-order valence-corrected chi connectivity index (χ4v) is 4.42. The summed E-state index contributed by atoms with van der Waals surface area (Å²) in [5, 5.41) is 2.83. The molecule has 148 valence electrons. The van der Waals surface area contributed by atoms with Gasteiger partial charge in [0.2, 0.25) is 11.0 Å². The zero-order valence-corrected chi connectivity index (χ0v) is 17.1. The number of nitrogens with one attached hydrogen (secondary N) is 2. The minimum absolute atomic E-state index is 0.0641. The highest BCUT2D eigenvalue weighted by molar-refractivity contribution is 7.89. The lowest BCUT2D eigenvalue weighted by atomic mass is 10.2.